The van der Waals surface area contributed by atoms with Crippen LogP contribution in [-0.4, -0.2) is 41.9 Å². The number of fused-ring (bicyclic) bond motifs is 1. The van der Waals surface area contributed by atoms with Gasteiger partial charge in [-0.05, 0) is 38.8 Å². The van der Waals surface area contributed by atoms with E-state index in [2.05, 4.69) is 33.2 Å². The van der Waals surface area contributed by atoms with Gasteiger partial charge in [-0.1, -0.05) is 11.3 Å². The molecule has 0 spiro atoms. The predicted molar refractivity (Wildman–Crippen MR) is 92.3 cm³/mol. The summed E-state index contributed by atoms with van der Waals surface area (Å²) in [4.78, 5) is 19.9. The average molecular weight is 344 g/mol. The van der Waals surface area contributed by atoms with Crippen LogP contribution in [0.1, 0.15) is 29.1 Å². The molecule has 4 heterocycles. The summed E-state index contributed by atoms with van der Waals surface area (Å²) in [6.45, 7) is 6.57. The molecule has 3 aromatic rings. The molecule has 0 aliphatic carbocycles. The summed E-state index contributed by atoms with van der Waals surface area (Å²) in [6, 6.07) is 2.05. The van der Waals surface area contributed by atoms with Crippen LogP contribution in [0, 0.1) is 13.8 Å². The Bertz CT molecular complexity index is 926. The fraction of sp³-hybridized carbons (Fsp3) is 0.500. The molecule has 1 aliphatic heterocycles. The van der Waals surface area contributed by atoms with Gasteiger partial charge < -0.3 is 0 Å². The van der Waals surface area contributed by atoms with Gasteiger partial charge in [0.05, 0.1) is 18.4 Å². The molecule has 1 saturated heterocycles. The summed E-state index contributed by atoms with van der Waals surface area (Å²) in [5.74, 6) is 0. The van der Waals surface area contributed by atoms with E-state index in [1.807, 2.05) is 17.8 Å². The number of likely N-dealkylation sites (tertiary alicyclic amines) is 1. The van der Waals surface area contributed by atoms with Crippen molar-refractivity contribution in [3.8, 4) is 0 Å². The highest BCUT2D eigenvalue weighted by Gasteiger charge is 2.25. The summed E-state index contributed by atoms with van der Waals surface area (Å²) < 4.78 is 3.40. The lowest BCUT2D eigenvalue weighted by atomic mass is 10.2. The summed E-state index contributed by atoms with van der Waals surface area (Å²) in [7, 11) is 0. The Hall–Kier alpha value is -2.06. The van der Waals surface area contributed by atoms with Crippen molar-refractivity contribution in [1.29, 1.82) is 0 Å². The summed E-state index contributed by atoms with van der Waals surface area (Å²) in [6.07, 6.45) is 6.29. The average Bonchev–Trinajstić information content (AvgIpc) is 3.21. The molecule has 24 heavy (non-hydrogen) atoms. The van der Waals surface area contributed by atoms with Crippen molar-refractivity contribution in [3.05, 3.63) is 45.1 Å². The summed E-state index contributed by atoms with van der Waals surface area (Å²) in [5, 5.41) is 9.44. The van der Waals surface area contributed by atoms with Crippen LogP contribution in [0.4, 0.5) is 0 Å². The van der Waals surface area contributed by atoms with Gasteiger partial charge in [0.25, 0.3) is 5.56 Å². The minimum atomic E-state index is -0.0993. The van der Waals surface area contributed by atoms with Crippen molar-refractivity contribution < 1.29 is 0 Å². The standard InChI is InChI=1S/C16H20N6OS/c1-11-7-17-21(8-11)10-14-4-3-5-20(14)9-13-6-15(23)22-16(18-13)24-12(2)19-22/h6-8,14H,3-5,9-10H2,1-2H3/t14-/m1/s1. The maximum atomic E-state index is 12.2. The zero-order valence-corrected chi connectivity index (χ0v) is 14.7. The third-order valence-electron chi connectivity index (χ3n) is 4.42. The van der Waals surface area contributed by atoms with Gasteiger partial charge in [0.1, 0.15) is 5.01 Å². The van der Waals surface area contributed by atoms with E-state index in [-0.39, 0.29) is 5.56 Å². The molecule has 1 fully saturated rings. The smallest absolute Gasteiger partial charge is 0.275 e. The largest absolute Gasteiger partial charge is 0.293 e. The molecule has 0 N–H and O–H groups in total. The fourth-order valence-electron chi connectivity index (χ4n) is 3.33. The molecule has 0 bridgehead atoms. The lowest BCUT2D eigenvalue weighted by molar-refractivity contribution is 0.217. The Labute approximate surface area is 143 Å². The van der Waals surface area contributed by atoms with Crippen LogP contribution in [0.25, 0.3) is 4.96 Å². The Morgan fingerprint density at radius 3 is 3.04 bits per heavy atom. The maximum absolute atomic E-state index is 12.2. The molecule has 8 heteroatoms. The molecule has 126 valence electrons. The van der Waals surface area contributed by atoms with Crippen molar-refractivity contribution in [1.82, 2.24) is 29.3 Å². The highest BCUT2D eigenvalue weighted by Crippen LogP contribution is 2.21. The summed E-state index contributed by atoms with van der Waals surface area (Å²) in [5.41, 5.74) is 1.91. The number of aryl methyl sites for hydroxylation is 2. The van der Waals surface area contributed by atoms with E-state index >= 15 is 0 Å². The minimum Gasteiger partial charge on any atom is -0.293 e. The first-order chi connectivity index (χ1) is 11.6. The van der Waals surface area contributed by atoms with Crippen LogP contribution in [0.15, 0.2) is 23.3 Å². The number of rotatable bonds is 4. The van der Waals surface area contributed by atoms with Crippen LogP contribution in [-0.2, 0) is 13.1 Å². The maximum Gasteiger partial charge on any atom is 0.275 e. The molecule has 1 atom stereocenters. The second-order valence-electron chi connectivity index (χ2n) is 6.41. The number of hydrogen-bond acceptors (Lipinski definition) is 6. The molecule has 0 unspecified atom stereocenters. The van der Waals surface area contributed by atoms with Crippen molar-refractivity contribution in [2.24, 2.45) is 0 Å². The van der Waals surface area contributed by atoms with E-state index < -0.39 is 0 Å². The molecular weight excluding hydrogens is 324 g/mol. The Balaban J connectivity index is 1.54. The summed E-state index contributed by atoms with van der Waals surface area (Å²) >= 11 is 1.45. The highest BCUT2D eigenvalue weighted by molar-refractivity contribution is 7.16. The number of aromatic nitrogens is 5. The molecular formula is C16H20N6OS. The third kappa shape index (κ3) is 2.99. The third-order valence-corrected chi connectivity index (χ3v) is 5.25. The van der Waals surface area contributed by atoms with E-state index in [9.17, 15) is 4.79 Å². The van der Waals surface area contributed by atoms with Crippen LogP contribution < -0.4 is 5.56 Å². The normalized spacial score (nSPS) is 18.7. The lowest BCUT2D eigenvalue weighted by Gasteiger charge is -2.23. The zero-order chi connectivity index (χ0) is 16.7. The Morgan fingerprint density at radius 2 is 2.25 bits per heavy atom. The first kappa shape index (κ1) is 15.5. The van der Waals surface area contributed by atoms with Gasteiger partial charge in [-0.2, -0.15) is 14.7 Å². The van der Waals surface area contributed by atoms with Gasteiger partial charge in [-0.3, -0.25) is 14.4 Å². The van der Waals surface area contributed by atoms with Gasteiger partial charge in [-0.25, -0.2) is 4.98 Å². The van der Waals surface area contributed by atoms with Crippen molar-refractivity contribution in [3.63, 3.8) is 0 Å². The predicted octanol–water partition coefficient (Wildman–Crippen LogP) is 1.63. The quantitative estimate of drug-likeness (QED) is 0.719. The van der Waals surface area contributed by atoms with Crippen LogP contribution >= 0.6 is 11.3 Å². The second-order valence-corrected chi connectivity index (χ2v) is 7.57. The van der Waals surface area contributed by atoms with E-state index in [1.54, 1.807) is 6.07 Å². The monoisotopic (exact) mass is 344 g/mol. The van der Waals surface area contributed by atoms with E-state index in [4.69, 9.17) is 0 Å². The number of nitrogens with zero attached hydrogens (tertiary/aromatic N) is 6. The van der Waals surface area contributed by atoms with Crippen molar-refractivity contribution in [2.75, 3.05) is 6.54 Å². The van der Waals surface area contributed by atoms with Crippen LogP contribution in [0.2, 0.25) is 0 Å². The molecule has 0 amide bonds. The van der Waals surface area contributed by atoms with Gasteiger partial charge in [0.15, 0.2) is 0 Å². The topological polar surface area (TPSA) is 68.3 Å². The van der Waals surface area contributed by atoms with Gasteiger partial charge in [0, 0.05) is 24.8 Å². The van der Waals surface area contributed by atoms with Crippen molar-refractivity contribution >= 4 is 16.3 Å². The van der Waals surface area contributed by atoms with Crippen molar-refractivity contribution in [2.45, 2.75) is 45.8 Å². The van der Waals surface area contributed by atoms with Gasteiger partial charge >= 0.3 is 0 Å². The molecule has 0 saturated carbocycles. The minimum absolute atomic E-state index is 0.0993. The Morgan fingerprint density at radius 1 is 1.38 bits per heavy atom. The first-order valence-corrected chi connectivity index (χ1v) is 8.99. The zero-order valence-electron chi connectivity index (χ0n) is 13.8. The number of hydrogen-bond donors (Lipinski definition) is 0. The SMILES string of the molecule is Cc1cnn(C[C@H]2CCCN2Cc2cc(=O)n3nc(C)sc3n2)c1. The molecule has 7 nitrogen and oxygen atoms in total. The molecule has 0 radical (unpaired) electrons. The molecule has 1 aliphatic rings. The first-order valence-electron chi connectivity index (χ1n) is 8.18. The highest BCUT2D eigenvalue weighted by atomic mass is 32.1. The van der Waals surface area contributed by atoms with Crippen LogP contribution in [0.3, 0.4) is 0 Å². The molecule has 4 rings (SSSR count). The van der Waals surface area contributed by atoms with Gasteiger partial charge in [-0.15, -0.1) is 0 Å². The van der Waals surface area contributed by atoms with Gasteiger partial charge in [0.2, 0.25) is 4.96 Å². The molecule has 0 aromatic carbocycles. The molecule has 3 aromatic heterocycles. The van der Waals surface area contributed by atoms with E-state index in [0.29, 0.717) is 17.5 Å². The van der Waals surface area contributed by atoms with E-state index in [0.717, 1.165) is 30.2 Å². The van der Waals surface area contributed by atoms with E-state index in [1.165, 1.54) is 27.8 Å². The van der Waals surface area contributed by atoms with Crippen LogP contribution in [0.5, 0.6) is 0 Å². The Kier molecular flexibility index (Phi) is 3.93. The lowest BCUT2D eigenvalue weighted by Crippen LogP contribution is -2.33. The second kappa shape index (κ2) is 6.10. The fourth-order valence-corrected chi connectivity index (χ4v) is 4.10.